The second kappa shape index (κ2) is 5.01. The van der Waals surface area contributed by atoms with E-state index in [1.165, 1.54) is 0 Å². The third-order valence-corrected chi connectivity index (χ3v) is 3.08. The molecule has 6 heteroatoms. The molecule has 1 atom stereocenters. The summed E-state index contributed by atoms with van der Waals surface area (Å²) in [5.41, 5.74) is 0.774. The Kier molecular flexibility index (Phi) is 3.63. The number of aromatic nitrogens is 3. The van der Waals surface area contributed by atoms with E-state index in [0.29, 0.717) is 11.9 Å². The zero-order valence-corrected chi connectivity index (χ0v) is 11.3. The Bertz CT molecular complexity index is 511. The lowest BCUT2D eigenvalue weighted by Gasteiger charge is -2.18. The summed E-state index contributed by atoms with van der Waals surface area (Å²) in [5, 5.41) is 16.7. The van der Waals surface area contributed by atoms with Gasteiger partial charge in [0.15, 0.2) is 5.65 Å². The third kappa shape index (κ3) is 2.76. The van der Waals surface area contributed by atoms with Gasteiger partial charge in [-0.25, -0.2) is 4.52 Å². The molecule has 0 fully saturated rings. The van der Waals surface area contributed by atoms with E-state index in [2.05, 4.69) is 31.3 Å². The van der Waals surface area contributed by atoms with Crippen LogP contribution >= 0.6 is 15.9 Å². The molecule has 2 aromatic heterocycles. The average Bonchev–Trinajstić information content (AvgIpc) is 2.66. The molecule has 92 valence electrons. The number of rotatable bonds is 4. The van der Waals surface area contributed by atoms with Gasteiger partial charge < -0.3 is 10.4 Å². The molecular formula is C11H15BrN4O. The van der Waals surface area contributed by atoms with Crippen LogP contribution in [0.2, 0.25) is 0 Å². The summed E-state index contributed by atoms with van der Waals surface area (Å²) < 4.78 is 2.64. The fourth-order valence-electron chi connectivity index (χ4n) is 1.51. The third-order valence-electron chi connectivity index (χ3n) is 2.61. The van der Waals surface area contributed by atoms with Gasteiger partial charge in [0.2, 0.25) is 5.95 Å². The van der Waals surface area contributed by atoms with E-state index >= 15 is 0 Å². The van der Waals surface area contributed by atoms with E-state index in [1.54, 1.807) is 4.52 Å². The molecule has 2 rings (SSSR count). The first-order valence-electron chi connectivity index (χ1n) is 5.49. The predicted octanol–water partition coefficient (Wildman–Crippen LogP) is 1.92. The van der Waals surface area contributed by atoms with Crippen molar-refractivity contribution in [2.75, 3.05) is 11.9 Å². The minimum absolute atomic E-state index is 0.0316. The van der Waals surface area contributed by atoms with Crippen molar-refractivity contribution >= 4 is 27.5 Å². The number of fused-ring (bicyclic) bond motifs is 1. The second-order valence-corrected chi connectivity index (χ2v) is 5.18. The maximum absolute atomic E-state index is 9.24. The first-order chi connectivity index (χ1) is 8.10. The number of pyridine rings is 1. The van der Waals surface area contributed by atoms with Crippen molar-refractivity contribution in [2.45, 2.75) is 19.9 Å². The molecular weight excluding hydrogens is 284 g/mol. The molecule has 0 aliphatic carbocycles. The smallest absolute Gasteiger partial charge is 0.243 e. The summed E-state index contributed by atoms with van der Waals surface area (Å²) in [6.45, 7) is 4.15. The summed E-state index contributed by atoms with van der Waals surface area (Å²) in [5.74, 6) is 0.856. The number of halogens is 1. The van der Waals surface area contributed by atoms with Crippen LogP contribution in [0.15, 0.2) is 22.8 Å². The van der Waals surface area contributed by atoms with Crippen LogP contribution in [0.3, 0.4) is 0 Å². The molecule has 0 amide bonds. The summed E-state index contributed by atoms with van der Waals surface area (Å²) in [6, 6.07) is 3.77. The van der Waals surface area contributed by atoms with E-state index in [4.69, 9.17) is 0 Å². The summed E-state index contributed by atoms with van der Waals surface area (Å²) >= 11 is 3.38. The van der Waals surface area contributed by atoms with Crippen LogP contribution in [-0.4, -0.2) is 32.4 Å². The molecule has 2 heterocycles. The van der Waals surface area contributed by atoms with Crippen molar-refractivity contribution in [1.82, 2.24) is 14.6 Å². The summed E-state index contributed by atoms with van der Waals surface area (Å²) in [6.07, 6.45) is 1.84. The Labute approximate surface area is 108 Å². The van der Waals surface area contributed by atoms with Gasteiger partial charge in [-0.1, -0.05) is 13.8 Å². The van der Waals surface area contributed by atoms with Gasteiger partial charge in [0.25, 0.3) is 0 Å². The van der Waals surface area contributed by atoms with Gasteiger partial charge >= 0.3 is 0 Å². The molecule has 0 aromatic carbocycles. The van der Waals surface area contributed by atoms with Crippen LogP contribution < -0.4 is 5.32 Å². The van der Waals surface area contributed by atoms with Gasteiger partial charge in [0.1, 0.15) is 0 Å². The molecule has 0 unspecified atom stereocenters. The molecule has 2 N–H and O–H groups in total. The lowest BCUT2D eigenvalue weighted by Crippen LogP contribution is -2.29. The molecule has 0 saturated heterocycles. The number of nitrogens with one attached hydrogen (secondary N) is 1. The molecule has 0 saturated carbocycles. The highest BCUT2D eigenvalue weighted by Gasteiger charge is 2.14. The number of aliphatic hydroxyl groups excluding tert-OH is 1. The number of hydrogen-bond acceptors (Lipinski definition) is 4. The monoisotopic (exact) mass is 298 g/mol. The molecule has 0 radical (unpaired) electrons. The predicted molar refractivity (Wildman–Crippen MR) is 70.0 cm³/mol. The van der Waals surface area contributed by atoms with Gasteiger partial charge in [-0.05, 0) is 34.0 Å². The van der Waals surface area contributed by atoms with E-state index in [-0.39, 0.29) is 12.6 Å². The highest BCUT2D eigenvalue weighted by Crippen LogP contribution is 2.13. The summed E-state index contributed by atoms with van der Waals surface area (Å²) in [4.78, 5) is 4.33. The van der Waals surface area contributed by atoms with Crippen molar-refractivity contribution in [3.8, 4) is 0 Å². The topological polar surface area (TPSA) is 62.5 Å². The standard InChI is InChI=1S/C11H15BrN4O/c1-7(2)9(6-17)13-11-14-10-4-3-8(12)5-16(10)15-11/h3-5,7,9,17H,6H2,1-2H3,(H,13,15)/t9-/m1/s1. The van der Waals surface area contributed by atoms with Gasteiger partial charge in [0.05, 0.1) is 12.6 Å². The van der Waals surface area contributed by atoms with Crippen molar-refractivity contribution in [3.05, 3.63) is 22.8 Å². The van der Waals surface area contributed by atoms with E-state index in [9.17, 15) is 5.11 Å². The highest BCUT2D eigenvalue weighted by atomic mass is 79.9. The SMILES string of the molecule is CC(C)[C@@H](CO)Nc1nc2ccc(Br)cn2n1. The minimum atomic E-state index is -0.0316. The minimum Gasteiger partial charge on any atom is -0.394 e. The van der Waals surface area contributed by atoms with Crippen LogP contribution in [0.4, 0.5) is 5.95 Å². The molecule has 17 heavy (non-hydrogen) atoms. The van der Waals surface area contributed by atoms with Crippen molar-refractivity contribution in [2.24, 2.45) is 5.92 Å². The van der Waals surface area contributed by atoms with Crippen molar-refractivity contribution in [3.63, 3.8) is 0 Å². The number of anilines is 1. The quantitative estimate of drug-likeness (QED) is 0.905. The molecule has 0 spiro atoms. The maximum Gasteiger partial charge on any atom is 0.243 e. The number of aliphatic hydroxyl groups is 1. The van der Waals surface area contributed by atoms with Crippen LogP contribution in [0.5, 0.6) is 0 Å². The fraction of sp³-hybridized carbons (Fsp3) is 0.455. The molecule has 0 aliphatic heterocycles. The van der Waals surface area contributed by atoms with E-state index in [1.807, 2.05) is 32.2 Å². The zero-order valence-electron chi connectivity index (χ0n) is 9.76. The van der Waals surface area contributed by atoms with Crippen molar-refractivity contribution < 1.29 is 5.11 Å². The van der Waals surface area contributed by atoms with Gasteiger partial charge in [0, 0.05) is 10.7 Å². The Balaban J connectivity index is 2.24. The molecule has 5 nitrogen and oxygen atoms in total. The molecule has 2 aromatic rings. The lowest BCUT2D eigenvalue weighted by molar-refractivity contribution is 0.248. The Morgan fingerprint density at radius 2 is 2.24 bits per heavy atom. The average molecular weight is 299 g/mol. The summed E-state index contributed by atoms with van der Waals surface area (Å²) in [7, 11) is 0. The Morgan fingerprint density at radius 1 is 1.47 bits per heavy atom. The van der Waals surface area contributed by atoms with Crippen LogP contribution in [-0.2, 0) is 0 Å². The lowest BCUT2D eigenvalue weighted by atomic mass is 10.1. The highest BCUT2D eigenvalue weighted by molar-refractivity contribution is 9.10. The van der Waals surface area contributed by atoms with Crippen LogP contribution in [0.25, 0.3) is 5.65 Å². The maximum atomic E-state index is 9.24. The number of nitrogens with zero attached hydrogens (tertiary/aromatic N) is 3. The van der Waals surface area contributed by atoms with Crippen molar-refractivity contribution in [1.29, 1.82) is 0 Å². The first kappa shape index (κ1) is 12.3. The van der Waals surface area contributed by atoms with Gasteiger partial charge in [-0.15, -0.1) is 5.10 Å². The molecule has 0 aliphatic rings. The van der Waals surface area contributed by atoms with Crippen LogP contribution in [0, 0.1) is 5.92 Å². The Morgan fingerprint density at radius 3 is 2.88 bits per heavy atom. The Hall–Kier alpha value is -1.14. The zero-order chi connectivity index (χ0) is 12.4. The van der Waals surface area contributed by atoms with Crippen LogP contribution in [0.1, 0.15) is 13.8 Å². The van der Waals surface area contributed by atoms with E-state index in [0.717, 1.165) is 10.1 Å². The van der Waals surface area contributed by atoms with Gasteiger partial charge in [-0.2, -0.15) is 4.98 Å². The fourth-order valence-corrected chi connectivity index (χ4v) is 1.83. The number of hydrogen-bond donors (Lipinski definition) is 2. The normalized spacial score (nSPS) is 13.2. The largest absolute Gasteiger partial charge is 0.394 e. The second-order valence-electron chi connectivity index (χ2n) is 4.26. The van der Waals surface area contributed by atoms with Gasteiger partial charge in [-0.3, -0.25) is 0 Å². The molecule has 0 bridgehead atoms. The first-order valence-corrected chi connectivity index (χ1v) is 6.29. The van der Waals surface area contributed by atoms with E-state index < -0.39 is 0 Å².